The van der Waals surface area contributed by atoms with Crippen molar-refractivity contribution < 1.29 is 33.6 Å². The molecule has 0 spiro atoms. The van der Waals surface area contributed by atoms with Crippen LogP contribution in [0.15, 0.2) is 0 Å². The molecule has 1 saturated heterocycles. The zero-order valence-corrected chi connectivity index (χ0v) is 12.9. The van der Waals surface area contributed by atoms with Gasteiger partial charge in [0.2, 0.25) is 0 Å². The van der Waals surface area contributed by atoms with Crippen molar-refractivity contribution in [3.8, 4) is 0 Å². The average molecular weight is 304 g/mol. The molecule has 1 rings (SSSR count). The monoisotopic (exact) mass is 304 g/mol. The maximum atomic E-state index is 11.3. The van der Waals surface area contributed by atoms with E-state index in [1.54, 1.807) is 0 Å². The molecule has 1 N–H and O–H groups in total. The summed E-state index contributed by atoms with van der Waals surface area (Å²) in [5, 5.41) is 8.88. The maximum Gasteiger partial charge on any atom is 0.303 e. The van der Waals surface area contributed by atoms with E-state index < -0.39 is 30.4 Å². The number of aliphatic hydroxyl groups excluding tert-OH is 1. The van der Waals surface area contributed by atoms with Crippen molar-refractivity contribution >= 4 is 11.9 Å². The zero-order valence-electron chi connectivity index (χ0n) is 12.9. The number of esters is 2. The van der Waals surface area contributed by atoms with E-state index in [0.717, 1.165) is 0 Å². The third kappa shape index (κ3) is 4.94. The lowest BCUT2D eigenvalue weighted by atomic mass is 9.89. The van der Waals surface area contributed by atoms with Crippen molar-refractivity contribution in [3.63, 3.8) is 0 Å². The largest absolute Gasteiger partial charge is 0.458 e. The van der Waals surface area contributed by atoms with E-state index in [1.165, 1.54) is 13.8 Å². The van der Waals surface area contributed by atoms with Crippen LogP contribution in [0, 0.1) is 5.92 Å². The predicted molar refractivity (Wildman–Crippen MR) is 72.3 cm³/mol. The van der Waals surface area contributed by atoms with Gasteiger partial charge >= 0.3 is 11.9 Å². The predicted octanol–water partition coefficient (Wildman–Crippen LogP) is 0.630. The lowest BCUT2D eigenvalue weighted by molar-refractivity contribution is -0.291. The summed E-state index contributed by atoms with van der Waals surface area (Å²) in [6, 6.07) is 0. The quantitative estimate of drug-likeness (QED) is 0.720. The highest BCUT2D eigenvalue weighted by molar-refractivity contribution is 5.67. The topological polar surface area (TPSA) is 91.3 Å². The van der Waals surface area contributed by atoms with Crippen LogP contribution in [-0.2, 0) is 28.5 Å². The van der Waals surface area contributed by atoms with Crippen molar-refractivity contribution in [1.82, 2.24) is 0 Å². The number of carbonyl (C=O) groups is 2. The minimum atomic E-state index is -0.869. The number of hydrogen-bond acceptors (Lipinski definition) is 7. The molecular weight excluding hydrogens is 280 g/mol. The smallest absolute Gasteiger partial charge is 0.303 e. The molecule has 1 heterocycles. The lowest BCUT2D eigenvalue weighted by Gasteiger charge is -2.43. The van der Waals surface area contributed by atoms with E-state index in [4.69, 9.17) is 24.1 Å². The first-order valence-corrected chi connectivity index (χ1v) is 7.13. The second-order valence-corrected chi connectivity index (χ2v) is 5.05. The third-order valence-electron chi connectivity index (χ3n) is 3.39. The fourth-order valence-corrected chi connectivity index (χ4v) is 2.49. The molecule has 0 aromatic rings. The number of ether oxygens (including phenoxy) is 4. The van der Waals surface area contributed by atoms with Crippen LogP contribution in [-0.4, -0.2) is 54.9 Å². The molecule has 7 nitrogen and oxygen atoms in total. The summed E-state index contributed by atoms with van der Waals surface area (Å²) >= 11 is 0. The molecule has 0 unspecified atom stereocenters. The van der Waals surface area contributed by atoms with Crippen molar-refractivity contribution in [2.24, 2.45) is 5.92 Å². The van der Waals surface area contributed by atoms with Crippen LogP contribution in [0.5, 0.6) is 0 Å². The molecule has 7 heteroatoms. The van der Waals surface area contributed by atoms with Gasteiger partial charge in [-0.15, -0.1) is 0 Å². The van der Waals surface area contributed by atoms with Gasteiger partial charge in [0, 0.05) is 19.8 Å². The Morgan fingerprint density at radius 2 is 1.71 bits per heavy atom. The summed E-state index contributed by atoms with van der Waals surface area (Å²) in [7, 11) is 0. The highest BCUT2D eigenvalue weighted by atomic mass is 16.7. The first kappa shape index (κ1) is 17.9. The Morgan fingerprint density at radius 3 is 2.19 bits per heavy atom. The summed E-state index contributed by atoms with van der Waals surface area (Å²) in [6.45, 7) is 6.25. The summed E-state index contributed by atoms with van der Waals surface area (Å²) < 4.78 is 21.7. The Hall–Kier alpha value is -1.18. The van der Waals surface area contributed by atoms with Gasteiger partial charge in [-0.25, -0.2) is 0 Å². The molecule has 0 bridgehead atoms. The summed E-state index contributed by atoms with van der Waals surface area (Å²) in [4.78, 5) is 22.6. The van der Waals surface area contributed by atoms with E-state index in [2.05, 4.69) is 0 Å². The van der Waals surface area contributed by atoms with E-state index in [0.29, 0.717) is 6.42 Å². The highest BCUT2D eigenvalue weighted by Crippen LogP contribution is 2.32. The fourth-order valence-electron chi connectivity index (χ4n) is 2.49. The summed E-state index contributed by atoms with van der Waals surface area (Å²) in [6.07, 6.45) is -1.86. The number of aliphatic hydroxyl groups is 1. The van der Waals surface area contributed by atoms with Crippen LogP contribution in [0.25, 0.3) is 0 Å². The minimum Gasteiger partial charge on any atom is -0.458 e. The van der Waals surface area contributed by atoms with Crippen molar-refractivity contribution in [3.05, 3.63) is 0 Å². The van der Waals surface area contributed by atoms with E-state index in [9.17, 15) is 9.59 Å². The number of rotatable bonds is 6. The van der Waals surface area contributed by atoms with Gasteiger partial charge < -0.3 is 24.1 Å². The summed E-state index contributed by atoms with van der Waals surface area (Å²) in [5.74, 6) is -1.11. The second kappa shape index (κ2) is 8.31. The van der Waals surface area contributed by atoms with Gasteiger partial charge in [0.05, 0.1) is 19.3 Å². The maximum absolute atomic E-state index is 11.3. The first-order chi connectivity index (χ1) is 9.90. The Labute approximate surface area is 124 Å². The standard InChI is InChI=1S/C14H24O7/c1-5-11-8(2)12(19-9(3)16)13(20-10(4)17)14(21-11)18-7-6-15/h8,11-15H,5-7H2,1-4H3/t8-,11-,12+,13-,14-/m1/s1. The van der Waals surface area contributed by atoms with Crippen LogP contribution in [0.4, 0.5) is 0 Å². The van der Waals surface area contributed by atoms with E-state index >= 15 is 0 Å². The first-order valence-electron chi connectivity index (χ1n) is 7.13. The third-order valence-corrected chi connectivity index (χ3v) is 3.39. The normalized spacial score (nSPS) is 32.5. The Kier molecular flexibility index (Phi) is 7.07. The molecule has 0 aromatic heterocycles. The molecule has 0 radical (unpaired) electrons. The molecule has 21 heavy (non-hydrogen) atoms. The lowest BCUT2D eigenvalue weighted by Crippen LogP contribution is -2.57. The SMILES string of the molecule is CC[C@H]1O[C@@H](OCCO)[C@H](OC(C)=O)[C@@H](OC(C)=O)[C@@H]1C. The van der Waals surface area contributed by atoms with E-state index in [-0.39, 0.29) is 25.2 Å². The van der Waals surface area contributed by atoms with E-state index in [1.807, 2.05) is 13.8 Å². The van der Waals surface area contributed by atoms with Crippen LogP contribution in [0.1, 0.15) is 34.1 Å². The molecular formula is C14H24O7. The molecule has 1 aliphatic rings. The summed E-state index contributed by atoms with van der Waals surface area (Å²) in [5.41, 5.74) is 0. The molecule has 1 aliphatic heterocycles. The molecule has 0 aliphatic carbocycles. The highest BCUT2D eigenvalue weighted by Gasteiger charge is 2.47. The average Bonchev–Trinajstić information content (AvgIpc) is 2.41. The van der Waals surface area contributed by atoms with Crippen molar-refractivity contribution in [2.75, 3.05) is 13.2 Å². The fraction of sp³-hybridized carbons (Fsp3) is 0.857. The van der Waals surface area contributed by atoms with Gasteiger partial charge in [0.25, 0.3) is 0 Å². The number of carbonyl (C=O) groups excluding carboxylic acids is 2. The minimum absolute atomic E-state index is 0.0417. The van der Waals surface area contributed by atoms with Gasteiger partial charge in [0.1, 0.15) is 6.10 Å². The van der Waals surface area contributed by atoms with Crippen molar-refractivity contribution in [2.45, 2.75) is 58.7 Å². The van der Waals surface area contributed by atoms with Gasteiger partial charge in [-0.3, -0.25) is 9.59 Å². The molecule has 5 atom stereocenters. The molecule has 122 valence electrons. The van der Waals surface area contributed by atoms with Crippen molar-refractivity contribution in [1.29, 1.82) is 0 Å². The zero-order chi connectivity index (χ0) is 16.0. The Bertz CT molecular complexity index is 357. The van der Waals surface area contributed by atoms with Gasteiger partial charge in [-0.2, -0.15) is 0 Å². The Morgan fingerprint density at radius 1 is 1.14 bits per heavy atom. The number of hydrogen-bond donors (Lipinski definition) is 1. The van der Waals surface area contributed by atoms with Crippen LogP contribution < -0.4 is 0 Å². The van der Waals surface area contributed by atoms with Crippen LogP contribution >= 0.6 is 0 Å². The Balaban J connectivity index is 2.97. The van der Waals surface area contributed by atoms with Gasteiger partial charge in [-0.1, -0.05) is 13.8 Å². The second-order valence-electron chi connectivity index (χ2n) is 5.05. The molecule has 0 amide bonds. The van der Waals surface area contributed by atoms with Gasteiger partial charge in [-0.05, 0) is 6.42 Å². The van der Waals surface area contributed by atoms with Gasteiger partial charge in [0.15, 0.2) is 12.4 Å². The van der Waals surface area contributed by atoms with Crippen LogP contribution in [0.3, 0.4) is 0 Å². The molecule has 0 saturated carbocycles. The molecule has 1 fully saturated rings. The molecule has 0 aromatic carbocycles. The van der Waals surface area contributed by atoms with Crippen LogP contribution in [0.2, 0.25) is 0 Å².